The Balaban J connectivity index is 1.72. The molecule has 2 amide bonds. The first kappa shape index (κ1) is 27.1. The van der Waals surface area contributed by atoms with Crippen LogP contribution >= 0.6 is 0 Å². The van der Waals surface area contributed by atoms with E-state index in [9.17, 15) is 14.9 Å². The number of ether oxygens (including phenoxy) is 3. The molecule has 206 valence electrons. The van der Waals surface area contributed by atoms with Gasteiger partial charge in [-0.2, -0.15) is 15.0 Å². The number of benzene rings is 3. The number of hydrogen-bond acceptors (Lipinski definition) is 9. The molecule has 0 spiro atoms. The molecule has 3 aromatic carbocycles. The smallest absolute Gasteiger partial charge is 0.283 e. The summed E-state index contributed by atoms with van der Waals surface area (Å²) in [5.41, 5.74) is 2.04. The summed E-state index contributed by atoms with van der Waals surface area (Å²) in [4.78, 5) is 37.4. The second kappa shape index (κ2) is 11.7. The summed E-state index contributed by atoms with van der Waals surface area (Å²) in [7, 11) is 4.41. The van der Waals surface area contributed by atoms with Crippen molar-refractivity contribution in [1.82, 2.24) is 19.7 Å². The van der Waals surface area contributed by atoms with Gasteiger partial charge in [-0.1, -0.05) is 60.7 Å². The van der Waals surface area contributed by atoms with Crippen LogP contribution in [0.25, 0.3) is 5.69 Å². The maximum Gasteiger partial charge on any atom is 0.283 e. The lowest BCUT2D eigenvalue weighted by molar-refractivity contribution is -0.131. The SMILES string of the molecule is COc1cc(-n2nc3c(nc2=NC#N)C(Cc2ccccc2)C(=O)N(Cc2ccccc2)C3=O)cc(OC)c1OC. The molecule has 4 aromatic rings. The fourth-order valence-corrected chi connectivity index (χ4v) is 4.76. The van der Waals surface area contributed by atoms with Gasteiger partial charge in [0.15, 0.2) is 17.2 Å². The lowest BCUT2D eigenvalue weighted by Gasteiger charge is -2.31. The number of imide groups is 1. The Morgan fingerprint density at radius 2 is 1.51 bits per heavy atom. The summed E-state index contributed by atoms with van der Waals surface area (Å²) in [6, 6.07) is 21.9. The van der Waals surface area contributed by atoms with Crippen LogP contribution in [0.15, 0.2) is 77.8 Å². The lowest BCUT2D eigenvalue weighted by atomic mass is 9.90. The van der Waals surface area contributed by atoms with Crippen molar-refractivity contribution in [2.45, 2.75) is 18.9 Å². The number of carbonyl (C=O) groups is 2. The minimum absolute atomic E-state index is 0.0212. The Hall–Kier alpha value is -5.50. The summed E-state index contributed by atoms with van der Waals surface area (Å²) in [6.07, 6.45) is 2.02. The van der Waals surface area contributed by atoms with Crippen molar-refractivity contribution < 1.29 is 23.8 Å². The highest BCUT2D eigenvalue weighted by atomic mass is 16.5. The summed E-state index contributed by atoms with van der Waals surface area (Å²) < 4.78 is 17.6. The van der Waals surface area contributed by atoms with Crippen LogP contribution < -0.4 is 19.8 Å². The third kappa shape index (κ3) is 5.23. The Kier molecular flexibility index (Phi) is 7.74. The Labute approximate surface area is 235 Å². The predicted octanol–water partition coefficient (Wildman–Crippen LogP) is 3.18. The van der Waals surface area contributed by atoms with E-state index in [1.54, 1.807) is 18.3 Å². The Morgan fingerprint density at radius 1 is 0.902 bits per heavy atom. The van der Waals surface area contributed by atoms with Crippen LogP contribution in [0.2, 0.25) is 0 Å². The first-order chi connectivity index (χ1) is 20.0. The van der Waals surface area contributed by atoms with Crippen LogP contribution in [0.5, 0.6) is 17.2 Å². The van der Waals surface area contributed by atoms with Crippen LogP contribution in [-0.2, 0) is 17.8 Å². The van der Waals surface area contributed by atoms with Crippen LogP contribution in [0.4, 0.5) is 0 Å². The van der Waals surface area contributed by atoms with E-state index in [0.29, 0.717) is 22.9 Å². The molecule has 11 heteroatoms. The second-order valence-corrected chi connectivity index (χ2v) is 9.11. The lowest BCUT2D eigenvalue weighted by Crippen LogP contribution is -2.48. The molecule has 1 atom stereocenters. The molecule has 1 aromatic heterocycles. The molecule has 2 heterocycles. The molecular formula is C30H26N6O5. The Bertz CT molecular complexity index is 1690. The van der Waals surface area contributed by atoms with E-state index >= 15 is 0 Å². The predicted molar refractivity (Wildman–Crippen MR) is 146 cm³/mol. The van der Waals surface area contributed by atoms with Crippen LogP contribution in [0, 0.1) is 11.5 Å². The molecule has 0 saturated carbocycles. The number of carbonyl (C=O) groups excluding carboxylic acids is 2. The molecule has 1 unspecified atom stereocenters. The third-order valence-electron chi connectivity index (χ3n) is 6.70. The second-order valence-electron chi connectivity index (χ2n) is 9.11. The summed E-state index contributed by atoms with van der Waals surface area (Å²) in [5.74, 6) is -0.837. The van der Waals surface area contributed by atoms with Crippen LogP contribution in [0.3, 0.4) is 0 Å². The van der Waals surface area contributed by atoms with Crippen molar-refractivity contribution in [2.75, 3.05) is 21.3 Å². The average Bonchev–Trinajstić information content (AvgIpc) is 3.01. The molecule has 11 nitrogen and oxygen atoms in total. The maximum atomic E-state index is 13.9. The third-order valence-corrected chi connectivity index (χ3v) is 6.70. The number of nitriles is 1. The number of hydrogen-bond donors (Lipinski definition) is 0. The number of amides is 2. The number of methoxy groups -OCH3 is 3. The van der Waals surface area contributed by atoms with Gasteiger partial charge in [-0.25, -0.2) is 4.98 Å². The zero-order valence-electron chi connectivity index (χ0n) is 22.6. The van der Waals surface area contributed by atoms with Crippen molar-refractivity contribution >= 4 is 11.8 Å². The van der Waals surface area contributed by atoms with Crippen molar-refractivity contribution in [1.29, 1.82) is 5.26 Å². The van der Waals surface area contributed by atoms with Gasteiger partial charge in [-0.15, -0.1) is 4.99 Å². The van der Waals surface area contributed by atoms with Gasteiger partial charge in [0.05, 0.1) is 45.2 Å². The molecule has 0 bridgehead atoms. The molecule has 1 aliphatic rings. The molecule has 1 aliphatic heterocycles. The molecule has 0 aliphatic carbocycles. The van der Waals surface area contributed by atoms with E-state index in [2.05, 4.69) is 15.1 Å². The maximum absolute atomic E-state index is 13.9. The molecular weight excluding hydrogens is 524 g/mol. The van der Waals surface area contributed by atoms with Gasteiger partial charge in [0.1, 0.15) is 0 Å². The fraction of sp³-hybridized carbons (Fsp3) is 0.200. The summed E-state index contributed by atoms with van der Waals surface area (Å²) in [6.45, 7) is 0.0689. The highest BCUT2D eigenvalue weighted by Gasteiger charge is 2.42. The van der Waals surface area contributed by atoms with E-state index in [1.807, 2.05) is 60.7 Å². The van der Waals surface area contributed by atoms with Crippen molar-refractivity contribution in [3.8, 4) is 29.1 Å². The van der Waals surface area contributed by atoms with Gasteiger partial charge < -0.3 is 14.2 Å². The van der Waals surface area contributed by atoms with Gasteiger partial charge in [-0.3, -0.25) is 14.5 Å². The molecule has 5 rings (SSSR count). The fourth-order valence-electron chi connectivity index (χ4n) is 4.76. The first-order valence-electron chi connectivity index (χ1n) is 12.7. The van der Waals surface area contributed by atoms with Crippen LogP contribution in [-0.4, -0.2) is 52.8 Å². The van der Waals surface area contributed by atoms with Crippen molar-refractivity contribution in [2.24, 2.45) is 4.99 Å². The van der Waals surface area contributed by atoms with Crippen molar-refractivity contribution in [3.63, 3.8) is 0 Å². The van der Waals surface area contributed by atoms with Gasteiger partial charge in [-0.05, 0) is 17.5 Å². The minimum atomic E-state index is -0.830. The molecule has 41 heavy (non-hydrogen) atoms. The molecule has 0 N–H and O–H groups in total. The largest absolute Gasteiger partial charge is 0.493 e. The normalized spacial score (nSPS) is 14.8. The minimum Gasteiger partial charge on any atom is -0.493 e. The van der Waals surface area contributed by atoms with Gasteiger partial charge in [0.25, 0.3) is 11.5 Å². The molecule has 0 fully saturated rings. The Morgan fingerprint density at radius 3 is 2.07 bits per heavy atom. The first-order valence-corrected chi connectivity index (χ1v) is 12.7. The summed E-state index contributed by atoms with van der Waals surface area (Å²) >= 11 is 0. The number of fused-ring (bicyclic) bond motifs is 1. The highest BCUT2D eigenvalue weighted by molar-refractivity contribution is 6.10. The number of aromatic nitrogens is 3. The quantitative estimate of drug-likeness (QED) is 0.241. The van der Waals surface area contributed by atoms with E-state index < -0.39 is 17.7 Å². The average molecular weight is 551 g/mol. The molecule has 0 saturated heterocycles. The van der Waals surface area contributed by atoms with Crippen LogP contribution in [0.1, 0.15) is 33.2 Å². The standard InChI is InChI=1S/C30H26N6O5/c1-39-23-15-21(16-24(40-2)27(23)41-3)36-30(32-18-31)33-25-22(14-19-10-6-4-7-11-19)28(37)35(29(38)26(25)34-36)17-20-12-8-5-9-13-20/h4-13,15-16,22H,14,17H2,1-3H3. The summed E-state index contributed by atoms with van der Waals surface area (Å²) in [5, 5.41) is 14.1. The monoisotopic (exact) mass is 550 g/mol. The van der Waals surface area contributed by atoms with E-state index in [0.717, 1.165) is 11.1 Å². The van der Waals surface area contributed by atoms with Gasteiger partial charge >= 0.3 is 0 Å². The number of rotatable bonds is 8. The zero-order chi connectivity index (χ0) is 28.9. The van der Waals surface area contributed by atoms with Gasteiger partial charge in [0.2, 0.25) is 17.8 Å². The van der Waals surface area contributed by atoms with E-state index in [-0.39, 0.29) is 30.0 Å². The highest BCUT2D eigenvalue weighted by Crippen LogP contribution is 2.39. The van der Waals surface area contributed by atoms with Gasteiger partial charge in [0, 0.05) is 12.1 Å². The van der Waals surface area contributed by atoms with Crippen molar-refractivity contribution in [3.05, 3.63) is 101 Å². The van der Waals surface area contributed by atoms with E-state index in [1.165, 1.54) is 30.9 Å². The van der Waals surface area contributed by atoms with E-state index in [4.69, 9.17) is 14.2 Å². The number of nitrogens with zero attached hydrogens (tertiary/aromatic N) is 6. The topological polar surface area (TPSA) is 132 Å². The zero-order valence-corrected chi connectivity index (χ0v) is 22.6. The molecule has 0 radical (unpaired) electrons.